The average molecular weight is 724 g/mol. The third-order valence-corrected chi connectivity index (χ3v) is 8.45. The van der Waals surface area contributed by atoms with Crippen LogP contribution in [0.25, 0.3) is 0 Å². The summed E-state index contributed by atoms with van der Waals surface area (Å²) >= 11 is 0. The molecule has 14 nitrogen and oxygen atoms in total. The summed E-state index contributed by atoms with van der Waals surface area (Å²) in [4.78, 5) is 79.1. The van der Waals surface area contributed by atoms with Gasteiger partial charge in [0, 0.05) is 12.8 Å². The first-order valence-electron chi connectivity index (χ1n) is 17.9. The highest BCUT2D eigenvalue weighted by Crippen LogP contribution is 2.12. The maximum Gasteiger partial charge on any atom is 0.325 e. The Morgan fingerprint density at radius 1 is 0.615 bits per heavy atom. The molecule has 2 aromatic carbocycles. The van der Waals surface area contributed by atoms with Gasteiger partial charge in [0.2, 0.25) is 29.5 Å². The van der Waals surface area contributed by atoms with E-state index in [1.54, 1.807) is 68.4 Å². The quantitative estimate of drug-likeness (QED) is 0.0813. The van der Waals surface area contributed by atoms with Crippen LogP contribution in [0.2, 0.25) is 0 Å². The molecule has 0 bridgehead atoms. The Morgan fingerprint density at radius 3 is 1.54 bits per heavy atom. The molecule has 0 saturated carbocycles. The van der Waals surface area contributed by atoms with Gasteiger partial charge in [-0.2, -0.15) is 0 Å². The predicted molar refractivity (Wildman–Crippen MR) is 198 cm³/mol. The van der Waals surface area contributed by atoms with Gasteiger partial charge in [-0.1, -0.05) is 94.8 Å². The molecule has 0 aliphatic heterocycles. The molecular weight excluding hydrogens is 666 g/mol. The number of unbranched alkanes of at least 4 members (excludes halogenated alkanes) is 1. The maximum atomic E-state index is 14.0. The zero-order valence-corrected chi connectivity index (χ0v) is 30.9. The number of nitrogens with two attached hydrogens (primary N) is 2. The molecule has 0 saturated heterocycles. The molecule has 0 aliphatic carbocycles. The van der Waals surface area contributed by atoms with E-state index in [1.165, 1.54) is 6.92 Å². The summed E-state index contributed by atoms with van der Waals surface area (Å²) in [5, 5.41) is 22.8. The molecule has 2 aromatic rings. The molecule has 5 amide bonds. The lowest BCUT2D eigenvalue weighted by molar-refractivity contribution is -0.141. The molecular formula is C38H57N7O7. The van der Waals surface area contributed by atoms with Gasteiger partial charge in [-0.05, 0) is 55.7 Å². The van der Waals surface area contributed by atoms with Crippen molar-refractivity contribution in [3.63, 3.8) is 0 Å². The second-order valence-electron chi connectivity index (χ2n) is 13.9. The van der Waals surface area contributed by atoms with Crippen molar-refractivity contribution in [2.75, 3.05) is 6.54 Å². The summed E-state index contributed by atoms with van der Waals surface area (Å²) in [6.07, 6.45) is 2.20. The number of hydrogen-bond acceptors (Lipinski definition) is 8. The highest BCUT2D eigenvalue weighted by atomic mass is 16.4. The van der Waals surface area contributed by atoms with Crippen LogP contribution in [0, 0.1) is 11.8 Å². The van der Waals surface area contributed by atoms with Gasteiger partial charge in [0.05, 0.1) is 6.04 Å². The third-order valence-electron chi connectivity index (χ3n) is 8.45. The van der Waals surface area contributed by atoms with Crippen molar-refractivity contribution < 1.29 is 33.9 Å². The maximum absolute atomic E-state index is 14.0. The number of nitrogens with one attached hydrogen (secondary N) is 5. The Bertz CT molecular complexity index is 1460. The highest BCUT2D eigenvalue weighted by molar-refractivity contribution is 5.96. The van der Waals surface area contributed by atoms with Gasteiger partial charge in [0.1, 0.15) is 30.2 Å². The van der Waals surface area contributed by atoms with Gasteiger partial charge >= 0.3 is 5.97 Å². The highest BCUT2D eigenvalue weighted by Gasteiger charge is 2.34. The topological polar surface area (TPSA) is 235 Å². The van der Waals surface area contributed by atoms with Crippen LogP contribution in [0.3, 0.4) is 0 Å². The lowest BCUT2D eigenvalue weighted by Crippen LogP contribution is -2.60. The predicted octanol–water partition coefficient (Wildman–Crippen LogP) is 1.16. The third kappa shape index (κ3) is 15.2. The normalized spacial score (nSPS) is 14.6. The molecule has 0 aromatic heterocycles. The van der Waals surface area contributed by atoms with Crippen molar-refractivity contribution in [1.82, 2.24) is 26.6 Å². The molecule has 14 heteroatoms. The van der Waals surface area contributed by atoms with E-state index in [4.69, 9.17) is 11.5 Å². The van der Waals surface area contributed by atoms with Crippen LogP contribution >= 0.6 is 0 Å². The van der Waals surface area contributed by atoms with E-state index < -0.39 is 77.7 Å². The lowest BCUT2D eigenvalue weighted by Gasteiger charge is -2.29. The van der Waals surface area contributed by atoms with Crippen molar-refractivity contribution >= 4 is 35.5 Å². The second kappa shape index (κ2) is 22.2. The minimum Gasteiger partial charge on any atom is -0.480 e. The summed E-state index contributed by atoms with van der Waals surface area (Å²) in [5.74, 6) is -4.72. The smallest absolute Gasteiger partial charge is 0.325 e. The minimum absolute atomic E-state index is 0.0225. The number of rotatable bonds is 22. The van der Waals surface area contributed by atoms with E-state index in [0.717, 1.165) is 17.5 Å². The average Bonchev–Trinajstić information content (AvgIpc) is 3.09. The molecule has 6 atom stereocenters. The minimum atomic E-state index is -1.24. The summed E-state index contributed by atoms with van der Waals surface area (Å²) in [6, 6.07) is 11.4. The van der Waals surface area contributed by atoms with Gasteiger partial charge in [0.15, 0.2) is 0 Å². The van der Waals surface area contributed by atoms with Crippen LogP contribution in [0.1, 0.15) is 71.4 Å². The molecule has 0 radical (unpaired) electrons. The second-order valence-corrected chi connectivity index (χ2v) is 13.9. The molecule has 2 rings (SSSR count). The van der Waals surface area contributed by atoms with Crippen molar-refractivity contribution in [3.8, 4) is 0 Å². The molecule has 0 spiro atoms. The van der Waals surface area contributed by atoms with Crippen molar-refractivity contribution in [3.05, 3.63) is 71.8 Å². The summed E-state index contributed by atoms with van der Waals surface area (Å²) in [5.41, 5.74) is 13.1. The Hall–Kier alpha value is -4.82. The van der Waals surface area contributed by atoms with E-state index in [2.05, 4.69) is 26.6 Å². The Morgan fingerprint density at radius 2 is 1.08 bits per heavy atom. The summed E-state index contributed by atoms with van der Waals surface area (Å²) in [6.45, 7) is 9.08. The zero-order chi connectivity index (χ0) is 38.8. The van der Waals surface area contributed by atoms with Crippen molar-refractivity contribution in [1.29, 1.82) is 0 Å². The van der Waals surface area contributed by atoms with Crippen LogP contribution < -0.4 is 38.1 Å². The van der Waals surface area contributed by atoms with E-state index in [1.807, 2.05) is 19.9 Å². The number of benzene rings is 2. The molecule has 10 N–H and O–H groups in total. The van der Waals surface area contributed by atoms with E-state index in [-0.39, 0.29) is 18.8 Å². The number of carbonyl (C=O) groups is 6. The van der Waals surface area contributed by atoms with E-state index >= 15 is 0 Å². The van der Waals surface area contributed by atoms with Crippen LogP contribution in [0.15, 0.2) is 60.7 Å². The van der Waals surface area contributed by atoms with Gasteiger partial charge < -0.3 is 43.2 Å². The summed E-state index contributed by atoms with van der Waals surface area (Å²) < 4.78 is 0. The van der Waals surface area contributed by atoms with E-state index in [0.29, 0.717) is 25.8 Å². The van der Waals surface area contributed by atoms with Crippen molar-refractivity contribution in [2.45, 2.75) is 109 Å². The Labute approximate surface area is 306 Å². The zero-order valence-electron chi connectivity index (χ0n) is 30.9. The van der Waals surface area contributed by atoms with Gasteiger partial charge in [-0.25, -0.2) is 0 Å². The largest absolute Gasteiger partial charge is 0.480 e. The molecule has 286 valence electrons. The first kappa shape index (κ1) is 43.3. The summed E-state index contributed by atoms with van der Waals surface area (Å²) in [7, 11) is 0. The number of carboxylic acids is 1. The number of carboxylic acid groups (broad SMARTS) is 1. The van der Waals surface area contributed by atoms with Crippen LogP contribution in [0.5, 0.6) is 0 Å². The standard InChI is InChI=1S/C38H57N7O7/c1-23(2)20-29(42-33(46)28(40)18-12-13-19-39)36(49)45-32(24(3)4)37(50)44-31(22-27-16-10-7-11-17-27)35(48)43-30(21-26-14-8-6-9-15-26)34(47)41-25(5)38(51)52/h6-11,14-17,23-25,28-32H,12-13,18-22,39-40H2,1-5H3,(H,41,47)(H,42,46)(H,43,48)(H,44,50)(H,45,49)(H,51,52)/t25-,28-,29-,30-,31-,32-/m0/s1. The number of carbonyl (C=O) groups excluding carboxylic acids is 5. The first-order valence-corrected chi connectivity index (χ1v) is 17.9. The Balaban J connectivity index is 2.33. The molecule has 52 heavy (non-hydrogen) atoms. The van der Waals surface area contributed by atoms with Gasteiger partial charge in [0.25, 0.3) is 0 Å². The SMILES string of the molecule is CC(C)C[C@H](NC(=O)[C@@H](N)CCCCN)C(=O)N[C@H](C(=O)N[C@@H](Cc1ccccc1)C(=O)N[C@@H](Cc1ccccc1)C(=O)N[C@@H](C)C(=O)O)C(C)C. The Kier molecular flexibility index (Phi) is 18.5. The fourth-order valence-electron chi connectivity index (χ4n) is 5.44. The number of amides is 5. The van der Waals surface area contributed by atoms with Crippen LogP contribution in [-0.4, -0.2) is 83.4 Å². The number of aliphatic carboxylic acids is 1. The monoisotopic (exact) mass is 723 g/mol. The van der Waals surface area contributed by atoms with Gasteiger partial charge in [-0.15, -0.1) is 0 Å². The van der Waals surface area contributed by atoms with Crippen LogP contribution in [-0.2, 0) is 41.6 Å². The fraction of sp³-hybridized carbons (Fsp3) is 0.526. The molecule has 0 fully saturated rings. The van der Waals surface area contributed by atoms with Crippen LogP contribution in [0.4, 0.5) is 0 Å². The fourth-order valence-corrected chi connectivity index (χ4v) is 5.44. The lowest BCUT2D eigenvalue weighted by atomic mass is 9.98. The molecule has 0 aliphatic rings. The molecule has 0 unspecified atom stereocenters. The molecule has 0 heterocycles. The number of hydrogen-bond donors (Lipinski definition) is 8. The van der Waals surface area contributed by atoms with Gasteiger partial charge in [-0.3, -0.25) is 28.8 Å². The van der Waals surface area contributed by atoms with E-state index in [9.17, 15) is 33.9 Å². The van der Waals surface area contributed by atoms with Crippen molar-refractivity contribution in [2.24, 2.45) is 23.3 Å². The first-order chi connectivity index (χ1) is 24.6.